The third-order valence-corrected chi connectivity index (χ3v) is 5.56. The molecule has 32 heavy (non-hydrogen) atoms. The van der Waals surface area contributed by atoms with Gasteiger partial charge in [0.2, 0.25) is 5.91 Å². The fourth-order valence-corrected chi connectivity index (χ4v) is 3.76. The van der Waals surface area contributed by atoms with E-state index in [0.29, 0.717) is 12.8 Å². The third kappa shape index (κ3) is 5.87. The zero-order valence-corrected chi connectivity index (χ0v) is 19.4. The van der Waals surface area contributed by atoms with Gasteiger partial charge in [-0.3, -0.25) is 9.69 Å². The summed E-state index contributed by atoms with van der Waals surface area (Å²) in [6.07, 6.45) is -0.0846. The Kier molecular flexibility index (Phi) is 9.68. The zero-order chi connectivity index (χ0) is 23.7. The van der Waals surface area contributed by atoms with Gasteiger partial charge in [0, 0.05) is 7.11 Å². The smallest absolute Gasteiger partial charge is 0.325 e. The molecule has 0 aliphatic carbocycles. The lowest BCUT2D eigenvalue weighted by Crippen LogP contribution is -2.69. The number of hydrogen-bond donors (Lipinski definition) is 2. The second-order valence-corrected chi connectivity index (χ2v) is 7.40. The molecule has 0 bridgehead atoms. The van der Waals surface area contributed by atoms with Crippen LogP contribution in [0.3, 0.4) is 0 Å². The van der Waals surface area contributed by atoms with Crippen molar-refractivity contribution in [1.29, 1.82) is 0 Å². The highest BCUT2D eigenvalue weighted by atomic mass is 16.6. The lowest BCUT2D eigenvalue weighted by Gasteiger charge is -2.47. The van der Waals surface area contributed by atoms with E-state index in [1.165, 1.54) is 7.11 Å². The Bertz CT molecular complexity index is 856. The van der Waals surface area contributed by atoms with Crippen LogP contribution in [0.15, 0.2) is 54.6 Å². The highest BCUT2D eigenvalue weighted by Crippen LogP contribution is 2.34. The summed E-state index contributed by atoms with van der Waals surface area (Å²) >= 11 is 0. The first-order valence-electron chi connectivity index (χ1n) is 11.0. The molecule has 1 saturated heterocycles. The number of amides is 3. The van der Waals surface area contributed by atoms with Crippen LogP contribution in [0.1, 0.15) is 44.4 Å². The first-order valence-corrected chi connectivity index (χ1v) is 11.0. The van der Waals surface area contributed by atoms with Gasteiger partial charge in [0.15, 0.2) is 6.29 Å². The van der Waals surface area contributed by atoms with Gasteiger partial charge in [-0.15, -0.1) is 0 Å². The summed E-state index contributed by atoms with van der Waals surface area (Å²) in [6.45, 7) is 5.85. The van der Waals surface area contributed by atoms with Crippen molar-refractivity contribution in [3.05, 3.63) is 65.7 Å². The van der Waals surface area contributed by atoms with Crippen molar-refractivity contribution in [3.63, 3.8) is 0 Å². The van der Waals surface area contributed by atoms with Crippen molar-refractivity contribution in [2.24, 2.45) is 5.92 Å². The molecule has 174 valence electrons. The summed E-state index contributed by atoms with van der Waals surface area (Å²) in [4.78, 5) is 26.6. The minimum atomic E-state index is -1.23. The predicted octanol–water partition coefficient (Wildman–Crippen LogP) is 3.92. The predicted molar refractivity (Wildman–Crippen MR) is 123 cm³/mol. The maximum absolute atomic E-state index is 12.8. The highest BCUT2D eigenvalue weighted by molar-refractivity contribution is 6.01. The van der Waals surface area contributed by atoms with E-state index < -0.39 is 24.3 Å². The number of nitrogens with zero attached hydrogens (tertiary/aromatic N) is 1. The molecular formula is C25H34N2O5. The first kappa shape index (κ1) is 25.4. The van der Waals surface area contributed by atoms with Gasteiger partial charge in [-0.05, 0) is 43.0 Å². The molecule has 1 aliphatic heterocycles. The van der Waals surface area contributed by atoms with Gasteiger partial charge in [0.1, 0.15) is 11.8 Å². The number of carbonyl (C=O) groups excluding carboxylic acids is 2. The number of benzene rings is 2. The summed E-state index contributed by atoms with van der Waals surface area (Å²) < 4.78 is 10.2. The normalized spacial score (nSPS) is 19.2. The van der Waals surface area contributed by atoms with Gasteiger partial charge < -0.3 is 19.9 Å². The van der Waals surface area contributed by atoms with E-state index in [-0.39, 0.29) is 11.9 Å². The van der Waals surface area contributed by atoms with Crippen molar-refractivity contribution in [1.82, 2.24) is 10.2 Å². The molecular weight excluding hydrogens is 408 g/mol. The summed E-state index contributed by atoms with van der Waals surface area (Å²) in [5.41, 5.74) is 1.98. The number of urea groups is 1. The van der Waals surface area contributed by atoms with Crippen LogP contribution in [-0.4, -0.2) is 48.5 Å². The second-order valence-electron chi connectivity index (χ2n) is 7.40. The Hall–Kier alpha value is -2.90. The van der Waals surface area contributed by atoms with Crippen molar-refractivity contribution in [2.45, 2.75) is 52.0 Å². The van der Waals surface area contributed by atoms with E-state index in [4.69, 9.17) is 9.47 Å². The van der Waals surface area contributed by atoms with E-state index in [0.717, 1.165) is 21.8 Å². The molecule has 3 amide bonds. The second kappa shape index (κ2) is 12.2. The minimum absolute atomic E-state index is 0.273. The van der Waals surface area contributed by atoms with Crippen LogP contribution >= 0.6 is 0 Å². The number of aliphatic hydroxyl groups excluding tert-OH is 1. The van der Waals surface area contributed by atoms with Crippen LogP contribution in [0, 0.1) is 5.92 Å². The number of likely N-dealkylation sites (tertiary alicyclic amines) is 1. The number of aliphatic hydroxyl groups is 1. The molecule has 0 spiro atoms. The molecule has 0 saturated carbocycles. The van der Waals surface area contributed by atoms with E-state index in [2.05, 4.69) is 5.32 Å². The molecule has 0 aromatic heterocycles. The molecule has 1 fully saturated rings. The first-order chi connectivity index (χ1) is 15.5. The maximum Gasteiger partial charge on any atom is 0.325 e. The molecule has 7 nitrogen and oxygen atoms in total. The number of carbonyl (C=O) groups is 2. The molecule has 2 N–H and O–H groups in total. The van der Waals surface area contributed by atoms with E-state index in [9.17, 15) is 14.7 Å². The van der Waals surface area contributed by atoms with Crippen molar-refractivity contribution >= 4 is 11.9 Å². The molecule has 1 heterocycles. The Labute approximate surface area is 190 Å². The average Bonchev–Trinajstić information content (AvgIpc) is 2.84. The molecule has 4 atom stereocenters. The highest BCUT2D eigenvalue weighted by Gasteiger charge is 2.53. The van der Waals surface area contributed by atoms with Crippen LogP contribution in [0.4, 0.5) is 4.79 Å². The fraction of sp³-hybridized carbons (Fsp3) is 0.440. The number of imide groups is 1. The molecule has 7 heteroatoms. The number of hydrogen-bond acceptors (Lipinski definition) is 5. The summed E-state index contributed by atoms with van der Waals surface area (Å²) in [6, 6.07) is 15.6. The van der Waals surface area contributed by atoms with Crippen LogP contribution < -0.4 is 10.1 Å². The SMILES string of the molecule is CC.COc1ccc(CC[C@H]2C(=O)N(C(=O)NC(C)c3ccccc3)C2C(O)OC)cc1. The molecule has 3 unspecified atom stereocenters. The van der Waals surface area contributed by atoms with Gasteiger partial charge in [0.25, 0.3) is 0 Å². The number of ether oxygens (including phenoxy) is 2. The lowest BCUT2D eigenvalue weighted by atomic mass is 9.82. The molecule has 0 radical (unpaired) electrons. The van der Waals surface area contributed by atoms with Gasteiger partial charge in [-0.1, -0.05) is 56.3 Å². The number of nitrogens with one attached hydrogen (secondary N) is 1. The fourth-order valence-electron chi connectivity index (χ4n) is 3.76. The topological polar surface area (TPSA) is 88.1 Å². The Morgan fingerprint density at radius 1 is 1.09 bits per heavy atom. The largest absolute Gasteiger partial charge is 0.497 e. The van der Waals surface area contributed by atoms with Crippen LogP contribution in [-0.2, 0) is 16.0 Å². The van der Waals surface area contributed by atoms with Crippen molar-refractivity contribution in [3.8, 4) is 5.75 Å². The Morgan fingerprint density at radius 3 is 2.28 bits per heavy atom. The third-order valence-electron chi connectivity index (χ3n) is 5.56. The molecule has 3 rings (SSSR count). The average molecular weight is 443 g/mol. The zero-order valence-electron chi connectivity index (χ0n) is 19.4. The number of methoxy groups -OCH3 is 2. The Balaban J connectivity index is 0.00000176. The quantitative estimate of drug-likeness (QED) is 0.478. The van der Waals surface area contributed by atoms with Crippen LogP contribution in [0.25, 0.3) is 0 Å². The number of rotatable bonds is 8. The van der Waals surface area contributed by atoms with Crippen molar-refractivity contribution < 1.29 is 24.2 Å². The molecule has 2 aromatic carbocycles. The van der Waals surface area contributed by atoms with E-state index >= 15 is 0 Å². The van der Waals surface area contributed by atoms with E-state index in [1.807, 2.05) is 75.4 Å². The number of aryl methyl sites for hydroxylation is 1. The van der Waals surface area contributed by atoms with Crippen LogP contribution in [0.2, 0.25) is 0 Å². The standard InChI is InChI=1S/C23H28N2O5.C2H6/c1-15(17-7-5-4-6-8-17)24-23(28)25-20(22(27)30-3)19(21(25)26)14-11-16-9-12-18(29-2)13-10-16;1-2/h4-10,12-13,15,19-20,22,27H,11,14H2,1-3H3,(H,24,28);1-2H3/t15?,19-,20?,22?;/m1./s1. The molecule has 2 aromatic rings. The molecule has 1 aliphatic rings. The lowest BCUT2D eigenvalue weighted by molar-refractivity contribution is -0.185. The van der Waals surface area contributed by atoms with Crippen molar-refractivity contribution in [2.75, 3.05) is 14.2 Å². The Morgan fingerprint density at radius 2 is 1.72 bits per heavy atom. The van der Waals surface area contributed by atoms with Gasteiger partial charge in [0.05, 0.1) is 19.1 Å². The summed E-state index contributed by atoms with van der Waals surface area (Å²) in [7, 11) is 2.97. The summed E-state index contributed by atoms with van der Waals surface area (Å²) in [5.74, 6) is -0.0243. The van der Waals surface area contributed by atoms with Gasteiger partial charge >= 0.3 is 6.03 Å². The maximum atomic E-state index is 12.8. The number of β-lactam (4-membered cyclic amide) rings is 1. The van der Waals surface area contributed by atoms with Crippen LogP contribution in [0.5, 0.6) is 5.75 Å². The van der Waals surface area contributed by atoms with Gasteiger partial charge in [-0.2, -0.15) is 0 Å². The van der Waals surface area contributed by atoms with Gasteiger partial charge in [-0.25, -0.2) is 4.79 Å². The summed E-state index contributed by atoms with van der Waals surface area (Å²) in [5, 5.41) is 13.1. The minimum Gasteiger partial charge on any atom is -0.497 e. The monoisotopic (exact) mass is 442 g/mol. The van der Waals surface area contributed by atoms with E-state index in [1.54, 1.807) is 7.11 Å².